The van der Waals surface area contributed by atoms with Gasteiger partial charge in [-0.3, -0.25) is 14.4 Å². The number of carbonyl (C=O) groups excluding carboxylic acids is 3. The highest BCUT2D eigenvalue weighted by Crippen LogP contribution is 2.02. The van der Waals surface area contributed by atoms with Crippen LogP contribution in [0.2, 0.25) is 0 Å². The van der Waals surface area contributed by atoms with Gasteiger partial charge >= 0.3 is 17.9 Å². The van der Waals surface area contributed by atoms with Gasteiger partial charge in [0.2, 0.25) is 0 Å². The number of hydrogen-bond donors (Lipinski definition) is 0. The summed E-state index contributed by atoms with van der Waals surface area (Å²) in [5, 5.41) is 0. The molecule has 0 saturated carbocycles. The maximum Gasteiger partial charge on any atom is 0.308 e. The number of carbonyl (C=O) groups is 3. The lowest BCUT2D eigenvalue weighted by Crippen LogP contribution is -2.10. The van der Waals surface area contributed by atoms with E-state index in [0.29, 0.717) is 0 Å². The molecule has 3 atom stereocenters. The number of hydrogen-bond acceptors (Lipinski definition) is 6. The van der Waals surface area contributed by atoms with Gasteiger partial charge in [0.1, 0.15) is 0 Å². The van der Waals surface area contributed by atoms with Crippen LogP contribution in [0.3, 0.4) is 0 Å². The number of rotatable bonds is 6. The average molecular weight is 348 g/mol. The summed E-state index contributed by atoms with van der Waals surface area (Å²) in [7, 11) is 4.23. The molecule has 0 saturated heterocycles. The van der Waals surface area contributed by atoms with E-state index in [0.717, 1.165) is 19.3 Å². The summed E-state index contributed by atoms with van der Waals surface area (Å²) in [4.78, 5) is 31.6. The second-order valence-corrected chi connectivity index (χ2v) is 5.50. The lowest BCUT2D eigenvalue weighted by Gasteiger charge is -2.02. The van der Waals surface area contributed by atoms with Crippen LogP contribution >= 0.6 is 0 Å². The topological polar surface area (TPSA) is 78.9 Å². The Hall–Kier alpha value is -1.59. The molecule has 0 aromatic rings. The van der Waals surface area contributed by atoms with Gasteiger partial charge in [-0.1, -0.05) is 41.5 Å². The van der Waals surface area contributed by atoms with Crippen LogP contribution in [0.5, 0.6) is 0 Å². The molecule has 0 aliphatic rings. The second kappa shape index (κ2) is 17.8. The van der Waals surface area contributed by atoms with Crippen LogP contribution < -0.4 is 0 Å². The molecular weight excluding hydrogens is 312 g/mol. The third-order valence-corrected chi connectivity index (χ3v) is 3.65. The summed E-state index contributed by atoms with van der Waals surface area (Å²) in [5.41, 5.74) is 0. The number of methoxy groups -OCH3 is 3. The van der Waals surface area contributed by atoms with Gasteiger partial charge < -0.3 is 14.2 Å². The van der Waals surface area contributed by atoms with Crippen LogP contribution in [0.1, 0.15) is 60.8 Å². The standard InChI is InChI=1S/3C6H12O2/c3*1-4-5(2)6(7)8-3/h3*5H,4H2,1-3H3. The largest absolute Gasteiger partial charge is 0.469 e. The molecule has 0 bridgehead atoms. The van der Waals surface area contributed by atoms with Crippen molar-refractivity contribution in [2.24, 2.45) is 17.8 Å². The van der Waals surface area contributed by atoms with Crippen LogP contribution in [-0.4, -0.2) is 39.2 Å². The van der Waals surface area contributed by atoms with E-state index in [2.05, 4.69) is 14.2 Å². The lowest BCUT2D eigenvalue weighted by atomic mass is 10.1. The Balaban J connectivity index is -0.000000276. The normalized spacial score (nSPS) is 12.9. The van der Waals surface area contributed by atoms with E-state index in [-0.39, 0.29) is 35.7 Å². The van der Waals surface area contributed by atoms with Crippen LogP contribution in [0.15, 0.2) is 0 Å². The summed E-state index contributed by atoms with van der Waals surface area (Å²) in [6.45, 7) is 11.4. The average Bonchev–Trinajstić information content (AvgIpc) is 2.64. The molecule has 24 heavy (non-hydrogen) atoms. The highest BCUT2D eigenvalue weighted by molar-refractivity contribution is 5.72. The molecule has 0 radical (unpaired) electrons. The molecule has 0 fully saturated rings. The molecule has 0 aromatic heterocycles. The quantitative estimate of drug-likeness (QED) is 0.539. The van der Waals surface area contributed by atoms with E-state index in [1.807, 2.05) is 41.5 Å². The number of ether oxygens (including phenoxy) is 3. The fourth-order valence-corrected chi connectivity index (χ4v) is 1.10. The fraction of sp³-hybridized carbons (Fsp3) is 0.833. The van der Waals surface area contributed by atoms with E-state index in [9.17, 15) is 14.4 Å². The Kier molecular flexibility index (Phi) is 20.2. The van der Waals surface area contributed by atoms with E-state index in [1.54, 1.807) is 0 Å². The van der Waals surface area contributed by atoms with Crippen molar-refractivity contribution in [1.29, 1.82) is 0 Å². The molecule has 6 heteroatoms. The van der Waals surface area contributed by atoms with Gasteiger partial charge in [0.15, 0.2) is 0 Å². The zero-order valence-corrected chi connectivity index (χ0v) is 16.8. The minimum absolute atomic E-state index is 0.0556. The number of esters is 3. The van der Waals surface area contributed by atoms with E-state index in [4.69, 9.17) is 0 Å². The van der Waals surface area contributed by atoms with Gasteiger partial charge in [-0.25, -0.2) is 0 Å². The molecule has 3 unspecified atom stereocenters. The SMILES string of the molecule is CCC(C)C(=O)OC.CCC(C)C(=O)OC.CCC(C)C(=O)OC. The first-order chi connectivity index (χ1) is 11.2. The van der Waals surface area contributed by atoms with Crippen LogP contribution in [-0.2, 0) is 28.6 Å². The van der Waals surface area contributed by atoms with Crippen LogP contribution in [0, 0.1) is 17.8 Å². The monoisotopic (exact) mass is 348 g/mol. The van der Waals surface area contributed by atoms with Crippen molar-refractivity contribution in [3.05, 3.63) is 0 Å². The van der Waals surface area contributed by atoms with Crippen molar-refractivity contribution >= 4 is 17.9 Å². The van der Waals surface area contributed by atoms with Crippen molar-refractivity contribution in [1.82, 2.24) is 0 Å². The molecule has 0 aliphatic heterocycles. The molecule has 0 spiro atoms. The van der Waals surface area contributed by atoms with Crippen molar-refractivity contribution in [2.45, 2.75) is 60.8 Å². The van der Waals surface area contributed by atoms with Crippen molar-refractivity contribution in [2.75, 3.05) is 21.3 Å². The summed E-state index contributed by atoms with van der Waals surface area (Å²) in [5.74, 6) is -0.187. The third-order valence-electron chi connectivity index (χ3n) is 3.65. The second-order valence-electron chi connectivity index (χ2n) is 5.50. The van der Waals surface area contributed by atoms with Gasteiger partial charge in [0, 0.05) is 0 Å². The summed E-state index contributed by atoms with van der Waals surface area (Å²) < 4.78 is 13.4. The van der Waals surface area contributed by atoms with Crippen molar-refractivity contribution in [3.8, 4) is 0 Å². The first kappa shape index (κ1) is 27.3. The minimum atomic E-state index is -0.118. The zero-order valence-electron chi connectivity index (χ0n) is 16.8. The summed E-state index contributed by atoms with van der Waals surface area (Å²) in [6.07, 6.45) is 2.56. The lowest BCUT2D eigenvalue weighted by molar-refractivity contribution is -0.145. The highest BCUT2D eigenvalue weighted by Gasteiger charge is 2.09. The minimum Gasteiger partial charge on any atom is -0.469 e. The predicted octanol–water partition coefficient (Wildman–Crippen LogP) is 3.62. The van der Waals surface area contributed by atoms with Gasteiger partial charge in [-0.2, -0.15) is 0 Å². The van der Waals surface area contributed by atoms with E-state index in [1.165, 1.54) is 21.3 Å². The Labute approximate surface area is 147 Å². The van der Waals surface area contributed by atoms with Gasteiger partial charge in [-0.15, -0.1) is 0 Å². The predicted molar refractivity (Wildman–Crippen MR) is 94.4 cm³/mol. The smallest absolute Gasteiger partial charge is 0.308 e. The van der Waals surface area contributed by atoms with Crippen molar-refractivity contribution in [3.63, 3.8) is 0 Å². The molecule has 0 rings (SSSR count). The molecule has 0 amide bonds. The zero-order chi connectivity index (χ0) is 19.7. The molecule has 6 nitrogen and oxygen atoms in total. The maximum absolute atomic E-state index is 10.5. The van der Waals surface area contributed by atoms with Gasteiger partial charge in [0.05, 0.1) is 39.1 Å². The van der Waals surface area contributed by atoms with Gasteiger partial charge in [0.25, 0.3) is 0 Å². The Bertz CT molecular complexity index is 288. The third kappa shape index (κ3) is 15.3. The Morgan fingerprint density at radius 2 is 0.750 bits per heavy atom. The molecular formula is C18H36O6. The Morgan fingerprint density at radius 3 is 0.792 bits per heavy atom. The summed E-state index contributed by atoms with van der Waals surface area (Å²) in [6, 6.07) is 0. The maximum atomic E-state index is 10.5. The molecule has 144 valence electrons. The fourth-order valence-electron chi connectivity index (χ4n) is 1.10. The molecule has 0 N–H and O–H groups in total. The van der Waals surface area contributed by atoms with Crippen LogP contribution in [0.4, 0.5) is 0 Å². The molecule has 0 heterocycles. The van der Waals surface area contributed by atoms with Gasteiger partial charge in [-0.05, 0) is 19.3 Å². The molecule has 0 aliphatic carbocycles. The highest BCUT2D eigenvalue weighted by atomic mass is 16.5. The van der Waals surface area contributed by atoms with Crippen molar-refractivity contribution < 1.29 is 28.6 Å². The Morgan fingerprint density at radius 1 is 0.583 bits per heavy atom. The molecule has 0 aromatic carbocycles. The first-order valence-electron chi connectivity index (χ1n) is 8.39. The van der Waals surface area contributed by atoms with E-state index < -0.39 is 0 Å². The van der Waals surface area contributed by atoms with E-state index >= 15 is 0 Å². The summed E-state index contributed by atoms with van der Waals surface area (Å²) >= 11 is 0. The first-order valence-corrected chi connectivity index (χ1v) is 8.39. The van der Waals surface area contributed by atoms with Crippen LogP contribution in [0.25, 0.3) is 0 Å².